The molecule has 0 radical (unpaired) electrons. The second-order valence-corrected chi connectivity index (χ2v) is 4.70. The Morgan fingerprint density at radius 2 is 1.88 bits per heavy atom. The van der Waals surface area contributed by atoms with E-state index in [1.807, 2.05) is 0 Å². The largest absolute Gasteiger partial charge is 0.478 e. The van der Waals surface area contributed by atoms with Gasteiger partial charge in [0.2, 0.25) is 0 Å². The van der Waals surface area contributed by atoms with Crippen molar-refractivity contribution in [2.24, 2.45) is 5.92 Å². The smallest absolute Gasteiger partial charge is 0.331 e. The fourth-order valence-corrected chi connectivity index (χ4v) is 1.71. The molecule has 1 aliphatic rings. The number of carbonyl (C=O) groups is 1. The van der Waals surface area contributed by atoms with Crippen molar-refractivity contribution in [3.63, 3.8) is 0 Å². The lowest BCUT2D eigenvalue weighted by atomic mass is 9.98. The molecule has 1 aliphatic carbocycles. The molecular formula is C14H26O3. The first-order chi connectivity index (χ1) is 7.99. The van der Waals surface area contributed by atoms with E-state index in [9.17, 15) is 4.79 Å². The van der Waals surface area contributed by atoms with Crippen molar-refractivity contribution in [2.45, 2.75) is 59.0 Å². The van der Waals surface area contributed by atoms with E-state index in [-0.39, 0.29) is 11.5 Å². The molecule has 0 aromatic heterocycles. The number of carboxylic acids is 1. The SMILES string of the molecule is C=C(C(=O)O)C(C)C.CCOC1CCCCC1. The Labute approximate surface area is 105 Å². The number of rotatable bonds is 4. The van der Waals surface area contributed by atoms with Gasteiger partial charge in [-0.2, -0.15) is 0 Å². The Morgan fingerprint density at radius 1 is 1.35 bits per heavy atom. The van der Waals surface area contributed by atoms with Crippen LogP contribution in [-0.2, 0) is 9.53 Å². The van der Waals surface area contributed by atoms with Gasteiger partial charge in [0.15, 0.2) is 0 Å². The molecule has 3 heteroatoms. The highest BCUT2D eigenvalue weighted by atomic mass is 16.5. The molecule has 1 N–H and O–H groups in total. The minimum Gasteiger partial charge on any atom is -0.478 e. The van der Waals surface area contributed by atoms with Crippen LogP contribution >= 0.6 is 0 Å². The van der Waals surface area contributed by atoms with Crippen molar-refractivity contribution in [2.75, 3.05) is 6.61 Å². The molecule has 100 valence electrons. The van der Waals surface area contributed by atoms with Crippen LogP contribution in [0.5, 0.6) is 0 Å². The van der Waals surface area contributed by atoms with Gasteiger partial charge >= 0.3 is 5.97 Å². The molecule has 0 bridgehead atoms. The molecule has 0 spiro atoms. The summed E-state index contributed by atoms with van der Waals surface area (Å²) in [6.07, 6.45) is 7.38. The summed E-state index contributed by atoms with van der Waals surface area (Å²) in [7, 11) is 0. The van der Waals surface area contributed by atoms with Crippen LogP contribution in [0.15, 0.2) is 12.2 Å². The first kappa shape index (κ1) is 16.2. The fraction of sp³-hybridized carbons (Fsp3) is 0.786. The lowest BCUT2D eigenvalue weighted by Gasteiger charge is -2.20. The van der Waals surface area contributed by atoms with E-state index in [0.29, 0.717) is 6.10 Å². The van der Waals surface area contributed by atoms with Crippen LogP contribution in [0.1, 0.15) is 52.9 Å². The average molecular weight is 242 g/mol. The van der Waals surface area contributed by atoms with E-state index in [1.165, 1.54) is 32.1 Å². The average Bonchev–Trinajstić information content (AvgIpc) is 2.30. The Hall–Kier alpha value is -0.830. The molecule has 17 heavy (non-hydrogen) atoms. The second-order valence-electron chi connectivity index (χ2n) is 4.70. The highest BCUT2D eigenvalue weighted by Crippen LogP contribution is 2.19. The maximum Gasteiger partial charge on any atom is 0.331 e. The highest BCUT2D eigenvalue weighted by Gasteiger charge is 2.11. The molecule has 0 aromatic carbocycles. The van der Waals surface area contributed by atoms with Gasteiger partial charge in [-0.3, -0.25) is 0 Å². The summed E-state index contributed by atoms with van der Waals surface area (Å²) in [6.45, 7) is 9.93. The third-order valence-electron chi connectivity index (χ3n) is 2.93. The highest BCUT2D eigenvalue weighted by molar-refractivity contribution is 5.86. The van der Waals surface area contributed by atoms with Gasteiger partial charge in [-0.05, 0) is 25.7 Å². The Bertz CT molecular complexity index is 225. The lowest BCUT2D eigenvalue weighted by Crippen LogP contribution is -2.15. The summed E-state index contributed by atoms with van der Waals surface area (Å²) in [5, 5.41) is 8.25. The van der Waals surface area contributed by atoms with E-state index in [4.69, 9.17) is 9.84 Å². The van der Waals surface area contributed by atoms with Crippen LogP contribution in [-0.4, -0.2) is 23.8 Å². The van der Waals surface area contributed by atoms with Gasteiger partial charge in [0.05, 0.1) is 6.10 Å². The zero-order chi connectivity index (χ0) is 13.3. The van der Waals surface area contributed by atoms with Crippen LogP contribution in [0.2, 0.25) is 0 Å². The fourth-order valence-electron chi connectivity index (χ4n) is 1.71. The third-order valence-corrected chi connectivity index (χ3v) is 2.93. The lowest BCUT2D eigenvalue weighted by molar-refractivity contribution is -0.133. The molecule has 0 atom stereocenters. The number of aliphatic carboxylic acids is 1. The molecule has 0 aromatic rings. The van der Waals surface area contributed by atoms with Crippen LogP contribution in [0.3, 0.4) is 0 Å². The van der Waals surface area contributed by atoms with Crippen molar-refractivity contribution < 1.29 is 14.6 Å². The summed E-state index contributed by atoms with van der Waals surface area (Å²) < 4.78 is 5.48. The summed E-state index contributed by atoms with van der Waals surface area (Å²) in [6, 6.07) is 0. The standard InChI is InChI=1S/C8H16O.C6H10O2/c1-2-9-8-6-4-3-5-7-8;1-4(2)5(3)6(7)8/h8H,2-7H2,1H3;4H,3H2,1-2H3,(H,7,8). The summed E-state index contributed by atoms with van der Waals surface area (Å²) >= 11 is 0. The van der Waals surface area contributed by atoms with Crippen LogP contribution in [0.4, 0.5) is 0 Å². The molecule has 1 rings (SSSR count). The van der Waals surface area contributed by atoms with Crippen molar-refractivity contribution in [1.82, 2.24) is 0 Å². The van der Waals surface area contributed by atoms with E-state index < -0.39 is 5.97 Å². The molecule has 0 unspecified atom stereocenters. The predicted octanol–water partition coefficient (Wildman–Crippen LogP) is 3.64. The van der Waals surface area contributed by atoms with Gasteiger partial charge in [0.1, 0.15) is 0 Å². The Kier molecular flexibility index (Phi) is 8.78. The maximum atomic E-state index is 10.0. The van der Waals surface area contributed by atoms with Crippen molar-refractivity contribution in [3.05, 3.63) is 12.2 Å². The van der Waals surface area contributed by atoms with Gasteiger partial charge < -0.3 is 9.84 Å². The zero-order valence-electron chi connectivity index (χ0n) is 11.4. The quantitative estimate of drug-likeness (QED) is 0.766. The minimum atomic E-state index is -0.903. The van der Waals surface area contributed by atoms with Gasteiger partial charge in [0, 0.05) is 12.2 Å². The second kappa shape index (κ2) is 9.23. The van der Waals surface area contributed by atoms with Gasteiger partial charge in [0.25, 0.3) is 0 Å². The first-order valence-electron chi connectivity index (χ1n) is 6.52. The number of hydrogen-bond donors (Lipinski definition) is 1. The van der Waals surface area contributed by atoms with Crippen molar-refractivity contribution in [3.8, 4) is 0 Å². The Balaban J connectivity index is 0.000000304. The van der Waals surface area contributed by atoms with E-state index >= 15 is 0 Å². The molecule has 1 saturated carbocycles. The first-order valence-corrected chi connectivity index (χ1v) is 6.52. The van der Waals surface area contributed by atoms with Crippen molar-refractivity contribution in [1.29, 1.82) is 0 Å². The molecule has 0 saturated heterocycles. The molecule has 0 aliphatic heterocycles. The van der Waals surface area contributed by atoms with E-state index in [0.717, 1.165) is 6.61 Å². The van der Waals surface area contributed by atoms with Gasteiger partial charge in [-0.1, -0.05) is 39.7 Å². The molecule has 3 nitrogen and oxygen atoms in total. The Morgan fingerprint density at radius 3 is 2.18 bits per heavy atom. The zero-order valence-corrected chi connectivity index (χ0v) is 11.4. The maximum absolute atomic E-state index is 10.0. The van der Waals surface area contributed by atoms with E-state index in [2.05, 4.69) is 13.5 Å². The van der Waals surface area contributed by atoms with Gasteiger partial charge in [-0.25, -0.2) is 4.79 Å². The number of hydrogen-bond acceptors (Lipinski definition) is 2. The molecule has 0 amide bonds. The molecule has 1 fully saturated rings. The van der Waals surface area contributed by atoms with Gasteiger partial charge in [-0.15, -0.1) is 0 Å². The summed E-state index contributed by atoms with van der Waals surface area (Å²) in [4.78, 5) is 10.0. The topological polar surface area (TPSA) is 46.5 Å². The molecular weight excluding hydrogens is 216 g/mol. The third kappa shape index (κ3) is 7.97. The molecule has 0 heterocycles. The summed E-state index contributed by atoms with van der Waals surface area (Å²) in [5.41, 5.74) is 0.269. The normalized spacial score (nSPS) is 16.2. The van der Waals surface area contributed by atoms with E-state index in [1.54, 1.807) is 13.8 Å². The number of carboxylic acid groups (broad SMARTS) is 1. The van der Waals surface area contributed by atoms with Crippen LogP contribution in [0.25, 0.3) is 0 Å². The van der Waals surface area contributed by atoms with Crippen LogP contribution < -0.4 is 0 Å². The monoisotopic (exact) mass is 242 g/mol. The van der Waals surface area contributed by atoms with Crippen molar-refractivity contribution >= 4 is 5.97 Å². The minimum absolute atomic E-state index is 0.0486. The predicted molar refractivity (Wildman–Crippen MR) is 70.1 cm³/mol. The van der Waals surface area contributed by atoms with Crippen LogP contribution in [0, 0.1) is 5.92 Å². The summed E-state index contributed by atoms with van der Waals surface area (Å²) in [5.74, 6) is -0.854. The number of ether oxygens (including phenoxy) is 1.